The molecule has 2 aromatic heterocycles. The molecule has 0 saturated heterocycles. The van der Waals surface area contributed by atoms with Gasteiger partial charge in [-0.3, -0.25) is 0 Å². The number of hydrogen-bond donors (Lipinski definition) is 3. The largest absolute Gasteiger partial charge is 0.426 e. The van der Waals surface area contributed by atoms with Crippen molar-refractivity contribution in [1.29, 1.82) is 5.26 Å². The molecule has 3 rings (SSSR count). The van der Waals surface area contributed by atoms with E-state index in [1.54, 1.807) is 13.0 Å². The Hall–Kier alpha value is -2.96. The number of nitriles is 1. The van der Waals surface area contributed by atoms with Crippen LogP contribution in [0.15, 0.2) is 18.3 Å². The Labute approximate surface area is 262 Å². The van der Waals surface area contributed by atoms with Crippen molar-refractivity contribution in [2.24, 2.45) is 5.73 Å². The molecule has 0 fully saturated rings. The van der Waals surface area contributed by atoms with Crippen molar-refractivity contribution in [3.63, 3.8) is 0 Å². The summed E-state index contributed by atoms with van der Waals surface area (Å²) in [6.07, 6.45) is 1.95. The smallest absolute Gasteiger partial charge is 0.412 e. The Morgan fingerprint density at radius 3 is 2.45 bits per heavy atom. The quantitative estimate of drug-likeness (QED) is 0.173. The van der Waals surface area contributed by atoms with Gasteiger partial charge in [0.05, 0.1) is 29.7 Å². The van der Waals surface area contributed by atoms with Crippen LogP contribution in [0.1, 0.15) is 62.8 Å². The number of aryl methyl sites for hydroxylation is 1. The number of nitrogens with one attached hydrogen (secondary N) is 1. The number of ether oxygens (including phenoxy) is 2. The summed E-state index contributed by atoms with van der Waals surface area (Å²) in [6, 6.07) is 5.18. The summed E-state index contributed by atoms with van der Waals surface area (Å²) in [6.45, 7) is 13.9. The second-order valence-electron chi connectivity index (χ2n) is 13.6. The van der Waals surface area contributed by atoms with Gasteiger partial charge < -0.3 is 35.0 Å². The lowest BCUT2D eigenvalue weighted by Gasteiger charge is -2.38. The molecule has 0 bridgehead atoms. The van der Waals surface area contributed by atoms with Crippen molar-refractivity contribution >= 4 is 31.7 Å². The highest BCUT2D eigenvalue weighted by Crippen LogP contribution is 2.43. The molecule has 44 heavy (non-hydrogen) atoms. The number of methoxy groups -OCH3 is 2. The maximum absolute atomic E-state index is 13.5. The minimum atomic E-state index is -2.10. The van der Waals surface area contributed by atoms with Gasteiger partial charge in [-0.2, -0.15) is 10.2 Å². The number of fused-ring (bicyclic) bond motifs is 1. The van der Waals surface area contributed by atoms with Gasteiger partial charge in [-0.15, -0.1) is 4.48 Å². The van der Waals surface area contributed by atoms with Crippen LogP contribution in [0.2, 0.25) is 18.1 Å². The first-order valence-electron chi connectivity index (χ1n) is 14.8. The van der Waals surface area contributed by atoms with Crippen LogP contribution in [-0.4, -0.2) is 87.9 Å². The van der Waals surface area contributed by atoms with Crippen molar-refractivity contribution in [2.75, 3.05) is 53.3 Å². The first-order chi connectivity index (χ1) is 20.4. The molecule has 12 nitrogen and oxygen atoms in total. The lowest BCUT2D eigenvalue weighted by Crippen LogP contribution is -2.56. The zero-order chi connectivity index (χ0) is 33.1. The van der Waals surface area contributed by atoms with E-state index in [4.69, 9.17) is 24.6 Å². The zero-order valence-electron chi connectivity index (χ0n) is 27.9. The Bertz CT molecular complexity index is 1380. The number of aliphatic hydroxyl groups is 1. The van der Waals surface area contributed by atoms with Crippen molar-refractivity contribution in [3.8, 4) is 6.07 Å². The third-order valence-corrected chi connectivity index (χ3v) is 13.1. The summed E-state index contributed by atoms with van der Waals surface area (Å²) in [5.74, 6) is 0.763. The van der Waals surface area contributed by atoms with Crippen LogP contribution >= 0.6 is 0 Å². The highest BCUT2D eigenvalue weighted by Gasteiger charge is 2.48. The molecule has 4 N–H and O–H groups in total. The van der Waals surface area contributed by atoms with E-state index >= 15 is 0 Å². The minimum Gasteiger partial charge on any atom is -0.412 e. The molecular weight excluding hydrogens is 578 g/mol. The number of hydrogen-bond acceptors (Lipinski definition) is 10. The summed E-state index contributed by atoms with van der Waals surface area (Å²) in [5, 5.41) is 23.9. The van der Waals surface area contributed by atoms with Crippen LogP contribution in [0.4, 0.5) is 22.1 Å². The molecule has 3 heterocycles. The summed E-state index contributed by atoms with van der Waals surface area (Å²) in [7, 11) is 4.72. The van der Waals surface area contributed by atoms with Crippen molar-refractivity contribution in [2.45, 2.75) is 77.2 Å². The van der Waals surface area contributed by atoms with Gasteiger partial charge in [-0.05, 0) is 51.6 Å². The van der Waals surface area contributed by atoms with Gasteiger partial charge in [0, 0.05) is 50.9 Å². The molecule has 1 aliphatic heterocycles. The molecule has 0 aliphatic carbocycles. The number of primary amides is 1. The number of likely N-dealkylation sites (N-methyl/N-ethyl adjacent to an activating group) is 1. The fourth-order valence-electron chi connectivity index (χ4n) is 5.31. The second-order valence-corrected chi connectivity index (χ2v) is 18.4. The Balaban J connectivity index is 2.17. The number of pyridine rings is 2. The number of rotatable bonds is 12. The summed E-state index contributed by atoms with van der Waals surface area (Å²) in [4.78, 5) is 25.0. The first kappa shape index (κ1) is 35.5. The highest BCUT2D eigenvalue weighted by atomic mass is 28.4. The number of nitrogens with two attached hydrogens (primary N) is 1. The van der Waals surface area contributed by atoms with Crippen molar-refractivity contribution < 1.29 is 23.8 Å². The lowest BCUT2D eigenvalue weighted by atomic mass is 9.99. The van der Waals surface area contributed by atoms with E-state index in [0.29, 0.717) is 55.6 Å². The van der Waals surface area contributed by atoms with Gasteiger partial charge in [-0.25, -0.2) is 9.78 Å². The normalized spacial score (nSPS) is 18.5. The van der Waals surface area contributed by atoms with Gasteiger partial charge in [-0.1, -0.05) is 20.8 Å². The van der Waals surface area contributed by atoms with Gasteiger partial charge in [0.15, 0.2) is 8.32 Å². The highest BCUT2D eigenvalue weighted by molar-refractivity contribution is 6.74. The summed E-state index contributed by atoms with van der Waals surface area (Å²) in [5.41, 5.74) is 8.02. The number of aromatic nitrogens is 2. The summed E-state index contributed by atoms with van der Waals surface area (Å²) >= 11 is 0. The van der Waals surface area contributed by atoms with Crippen molar-refractivity contribution in [3.05, 3.63) is 40.7 Å². The van der Waals surface area contributed by atoms with Gasteiger partial charge in [0.1, 0.15) is 18.3 Å². The van der Waals surface area contributed by atoms with Crippen molar-refractivity contribution in [1.82, 2.24) is 19.4 Å². The molecule has 0 spiro atoms. The predicted molar refractivity (Wildman–Crippen MR) is 174 cm³/mol. The number of urea groups is 1. The monoisotopic (exact) mass is 628 g/mol. The van der Waals surface area contributed by atoms with E-state index in [2.05, 4.69) is 50.2 Å². The summed E-state index contributed by atoms with van der Waals surface area (Å²) < 4.78 is 17.4. The first-order valence-corrected chi connectivity index (χ1v) is 17.8. The molecule has 0 aromatic carbocycles. The average molecular weight is 629 g/mol. The van der Waals surface area contributed by atoms with Crippen LogP contribution in [-0.2, 0) is 26.9 Å². The van der Waals surface area contributed by atoms with Crippen LogP contribution in [0.3, 0.4) is 0 Å². The number of amides is 2. The minimum absolute atomic E-state index is 0.0155. The molecule has 2 atom stereocenters. The third kappa shape index (κ3) is 7.46. The molecule has 2 aromatic rings. The number of carbonyl (C=O) groups is 1. The van der Waals surface area contributed by atoms with E-state index in [0.717, 1.165) is 11.1 Å². The fourth-order valence-corrected chi connectivity index (χ4v) is 6.26. The van der Waals surface area contributed by atoms with E-state index in [1.165, 1.54) is 20.4 Å². The molecule has 242 valence electrons. The third-order valence-electron chi connectivity index (χ3n) is 8.63. The molecule has 0 radical (unpaired) electrons. The maximum Gasteiger partial charge on any atom is 0.426 e. The molecule has 0 saturated carbocycles. The predicted octanol–water partition coefficient (Wildman–Crippen LogP) is 4.55. The van der Waals surface area contributed by atoms with Gasteiger partial charge in [0.2, 0.25) is 17.9 Å². The van der Waals surface area contributed by atoms with Crippen LogP contribution in [0, 0.1) is 11.3 Å². The van der Waals surface area contributed by atoms with Gasteiger partial charge >= 0.3 is 6.03 Å². The molecular formula is C31H50N7O5Si+. The molecule has 1 aliphatic rings. The number of quaternary nitrogens is 1. The molecule has 2 unspecified atom stereocenters. The number of carbonyl (C=O) groups excluding carboxylic acids is 1. The topological polar surface area (TPSA) is 156 Å². The van der Waals surface area contributed by atoms with E-state index in [-0.39, 0.29) is 17.1 Å². The Morgan fingerprint density at radius 2 is 1.91 bits per heavy atom. The SMILES string of the molecule is COC(OC)c1nc2c(cc1CO[Si](C)(C)C(C)(C)C)CCC[N+]2(C(N)=O)c1cc(NCC(C)(O)CN(C)C)c(C#N)cn1. The lowest BCUT2D eigenvalue weighted by molar-refractivity contribution is -0.109. The fraction of sp³-hybridized carbons (Fsp3) is 0.613. The molecule has 2 amide bonds. The second kappa shape index (κ2) is 13.6. The average Bonchev–Trinajstić information content (AvgIpc) is 2.93. The zero-order valence-corrected chi connectivity index (χ0v) is 28.9. The van der Waals surface area contributed by atoms with E-state index < -0.39 is 30.7 Å². The maximum atomic E-state index is 13.5. The van der Waals surface area contributed by atoms with Crippen LogP contribution in [0.25, 0.3) is 0 Å². The van der Waals surface area contributed by atoms with E-state index in [1.807, 2.05) is 25.1 Å². The van der Waals surface area contributed by atoms with Crippen LogP contribution in [0.5, 0.6) is 0 Å². The molecule has 13 heteroatoms. The number of anilines is 1. The standard InChI is InChI=1S/C31H49N7O5Si/c1-30(2,3)44(9,10)43-18-22-14-21-12-11-13-38(29(33)39,27(21)36-26(22)28(41-7)42-8)25-15-24(23(16-32)17-34-25)35-19-31(4,40)20-37(5)6/h14-15,17,28,40H,11-13,18-20H2,1-10H3,(H2-,33,34,35,39)/p+1. The van der Waals surface area contributed by atoms with Gasteiger partial charge in [0.25, 0.3) is 0 Å². The number of nitrogens with zero attached hydrogens (tertiary/aromatic N) is 5. The Kier molecular flexibility index (Phi) is 11.0. The Morgan fingerprint density at radius 1 is 1.25 bits per heavy atom. The van der Waals surface area contributed by atoms with Crippen LogP contribution < -0.4 is 15.5 Å². The van der Waals surface area contributed by atoms with E-state index in [9.17, 15) is 15.2 Å².